The summed E-state index contributed by atoms with van der Waals surface area (Å²) in [5.41, 5.74) is 0.986. The quantitative estimate of drug-likeness (QED) is 0.756. The van der Waals surface area contributed by atoms with E-state index in [0.717, 1.165) is 0 Å². The normalized spacial score (nSPS) is 10.6. The summed E-state index contributed by atoms with van der Waals surface area (Å²) in [4.78, 5) is 16.1. The zero-order chi connectivity index (χ0) is 16.9. The predicted molar refractivity (Wildman–Crippen MR) is 84.3 cm³/mol. The Morgan fingerprint density at radius 3 is 2.58 bits per heavy atom. The van der Waals surface area contributed by atoms with Gasteiger partial charge in [0.25, 0.3) is 0 Å². The molecule has 0 unspecified atom stereocenters. The van der Waals surface area contributed by atoms with E-state index in [2.05, 4.69) is 20.5 Å². The summed E-state index contributed by atoms with van der Waals surface area (Å²) < 4.78 is 26.4. The van der Waals surface area contributed by atoms with Crippen molar-refractivity contribution < 1.29 is 13.6 Å². The molecule has 0 saturated heterocycles. The second-order valence-corrected chi connectivity index (χ2v) is 5.20. The van der Waals surface area contributed by atoms with Gasteiger partial charge in [0, 0.05) is 12.1 Å². The Morgan fingerprint density at radius 2 is 1.83 bits per heavy atom. The average Bonchev–Trinajstić information content (AvgIpc) is 2.99. The third-order valence-electron chi connectivity index (χ3n) is 3.34. The van der Waals surface area contributed by atoms with Crippen molar-refractivity contribution in [3.63, 3.8) is 0 Å². The van der Waals surface area contributed by atoms with Crippen LogP contribution in [0.4, 0.5) is 14.5 Å². The van der Waals surface area contributed by atoms with Gasteiger partial charge >= 0.3 is 0 Å². The number of halogens is 2. The van der Waals surface area contributed by atoms with Crippen molar-refractivity contribution in [3.05, 3.63) is 77.4 Å². The molecule has 0 bridgehead atoms. The molecule has 2 N–H and O–H groups in total. The lowest BCUT2D eigenvalue weighted by molar-refractivity contribution is -0.115. The number of hydrogen-bond donors (Lipinski definition) is 2. The molecule has 1 heterocycles. The molecule has 3 rings (SSSR count). The van der Waals surface area contributed by atoms with Crippen LogP contribution >= 0.6 is 0 Å². The minimum absolute atomic E-state index is 0.0366. The van der Waals surface area contributed by atoms with Crippen LogP contribution in [0.25, 0.3) is 0 Å². The van der Waals surface area contributed by atoms with Gasteiger partial charge in [0.05, 0.1) is 6.42 Å². The number of anilines is 1. The van der Waals surface area contributed by atoms with E-state index in [1.807, 2.05) is 0 Å². The van der Waals surface area contributed by atoms with Crippen molar-refractivity contribution in [1.82, 2.24) is 15.2 Å². The summed E-state index contributed by atoms with van der Waals surface area (Å²) in [7, 11) is 0. The molecular weight excluding hydrogens is 314 g/mol. The molecule has 3 aromatic rings. The van der Waals surface area contributed by atoms with Gasteiger partial charge < -0.3 is 5.32 Å². The smallest absolute Gasteiger partial charge is 0.232 e. The molecule has 7 heteroatoms. The Morgan fingerprint density at radius 1 is 1.08 bits per heavy atom. The standard InChI is InChI=1S/C17H14F2N4O/c18-12-5-7-13(8-6-12)20-17(24)10-16-21-15(22-23-16)9-11-3-1-2-4-14(11)19/h1-8H,9-10H2,(H,20,24)(H,21,22,23). The number of nitrogens with one attached hydrogen (secondary N) is 2. The van der Waals surface area contributed by atoms with Crippen molar-refractivity contribution in [2.75, 3.05) is 5.32 Å². The molecule has 5 nitrogen and oxygen atoms in total. The molecule has 24 heavy (non-hydrogen) atoms. The molecule has 0 atom stereocenters. The van der Waals surface area contributed by atoms with E-state index in [1.165, 1.54) is 30.3 Å². The van der Waals surface area contributed by atoms with Crippen molar-refractivity contribution >= 4 is 11.6 Å². The van der Waals surface area contributed by atoms with Gasteiger partial charge in [-0.15, -0.1) is 0 Å². The minimum Gasteiger partial charge on any atom is -0.326 e. The summed E-state index contributed by atoms with van der Waals surface area (Å²) in [6, 6.07) is 11.9. The Labute approximate surface area is 136 Å². The zero-order valence-corrected chi connectivity index (χ0v) is 12.6. The van der Waals surface area contributed by atoms with Gasteiger partial charge in [-0.05, 0) is 35.9 Å². The number of nitrogens with zero attached hydrogens (tertiary/aromatic N) is 2. The topological polar surface area (TPSA) is 70.7 Å². The Hall–Kier alpha value is -3.09. The van der Waals surface area contributed by atoms with Crippen LogP contribution in [0.1, 0.15) is 17.2 Å². The fraction of sp³-hybridized carbons (Fsp3) is 0.118. The first-order valence-electron chi connectivity index (χ1n) is 7.29. The lowest BCUT2D eigenvalue weighted by atomic mass is 10.1. The molecule has 1 aromatic heterocycles. The van der Waals surface area contributed by atoms with E-state index < -0.39 is 0 Å². The molecule has 122 valence electrons. The van der Waals surface area contributed by atoms with Gasteiger partial charge in [-0.2, -0.15) is 5.10 Å². The number of rotatable bonds is 5. The number of carbonyl (C=O) groups is 1. The molecular formula is C17H14F2N4O. The van der Waals surface area contributed by atoms with Crippen LogP contribution in [0.15, 0.2) is 48.5 Å². The number of H-pyrrole nitrogens is 1. The summed E-state index contributed by atoms with van der Waals surface area (Å²) in [6.45, 7) is 0. The van der Waals surface area contributed by atoms with Crippen LogP contribution in [0.2, 0.25) is 0 Å². The number of carbonyl (C=O) groups excluding carboxylic acids is 1. The number of hydrogen-bond acceptors (Lipinski definition) is 3. The van der Waals surface area contributed by atoms with E-state index in [4.69, 9.17) is 0 Å². The molecule has 0 saturated carbocycles. The number of amides is 1. The van der Waals surface area contributed by atoms with Crippen LogP contribution in [0.3, 0.4) is 0 Å². The summed E-state index contributed by atoms with van der Waals surface area (Å²) in [5.74, 6) is -0.229. The van der Waals surface area contributed by atoms with Gasteiger partial charge in [-0.1, -0.05) is 18.2 Å². The molecule has 2 aromatic carbocycles. The first kappa shape index (κ1) is 15.8. The SMILES string of the molecule is O=C(Cc1n[nH]c(Cc2ccccc2F)n1)Nc1ccc(F)cc1. The van der Waals surface area contributed by atoms with Gasteiger partial charge in [0.2, 0.25) is 5.91 Å². The van der Waals surface area contributed by atoms with Crippen molar-refractivity contribution in [3.8, 4) is 0 Å². The van der Waals surface area contributed by atoms with Gasteiger partial charge in [-0.3, -0.25) is 9.89 Å². The fourth-order valence-corrected chi connectivity index (χ4v) is 2.20. The lowest BCUT2D eigenvalue weighted by Crippen LogP contribution is -2.15. The lowest BCUT2D eigenvalue weighted by Gasteiger charge is -2.03. The van der Waals surface area contributed by atoms with Gasteiger partial charge in [0.1, 0.15) is 17.5 Å². The third-order valence-corrected chi connectivity index (χ3v) is 3.34. The molecule has 0 radical (unpaired) electrons. The summed E-state index contributed by atoms with van der Waals surface area (Å²) in [6.07, 6.45) is 0.227. The first-order chi connectivity index (χ1) is 11.6. The van der Waals surface area contributed by atoms with Gasteiger partial charge in [0.15, 0.2) is 5.82 Å². The molecule has 0 aliphatic heterocycles. The molecule has 1 amide bonds. The van der Waals surface area contributed by atoms with Crippen LogP contribution < -0.4 is 5.32 Å². The maximum absolute atomic E-state index is 13.6. The zero-order valence-electron chi connectivity index (χ0n) is 12.6. The summed E-state index contributed by atoms with van der Waals surface area (Å²) in [5, 5.41) is 9.29. The number of aromatic amines is 1. The molecule has 0 fully saturated rings. The Bertz CT molecular complexity index is 846. The largest absolute Gasteiger partial charge is 0.326 e. The third kappa shape index (κ3) is 4.01. The van der Waals surface area contributed by atoms with E-state index in [-0.39, 0.29) is 30.4 Å². The van der Waals surface area contributed by atoms with E-state index in [9.17, 15) is 13.6 Å². The first-order valence-corrected chi connectivity index (χ1v) is 7.29. The number of benzene rings is 2. The fourth-order valence-electron chi connectivity index (χ4n) is 2.20. The van der Waals surface area contributed by atoms with Crippen molar-refractivity contribution in [1.29, 1.82) is 0 Å². The highest BCUT2D eigenvalue weighted by atomic mass is 19.1. The van der Waals surface area contributed by atoms with Crippen LogP contribution in [0, 0.1) is 11.6 Å². The van der Waals surface area contributed by atoms with Crippen LogP contribution in [0.5, 0.6) is 0 Å². The summed E-state index contributed by atoms with van der Waals surface area (Å²) >= 11 is 0. The monoisotopic (exact) mass is 328 g/mol. The molecule has 0 spiro atoms. The van der Waals surface area contributed by atoms with Crippen molar-refractivity contribution in [2.45, 2.75) is 12.8 Å². The number of aromatic nitrogens is 3. The highest BCUT2D eigenvalue weighted by Gasteiger charge is 2.11. The highest BCUT2D eigenvalue weighted by Crippen LogP contribution is 2.11. The maximum Gasteiger partial charge on any atom is 0.232 e. The molecule has 0 aliphatic rings. The van der Waals surface area contributed by atoms with Crippen LogP contribution in [-0.2, 0) is 17.6 Å². The van der Waals surface area contributed by atoms with E-state index in [0.29, 0.717) is 22.9 Å². The minimum atomic E-state index is -0.375. The molecule has 0 aliphatic carbocycles. The Balaban J connectivity index is 1.60. The van der Waals surface area contributed by atoms with E-state index >= 15 is 0 Å². The van der Waals surface area contributed by atoms with Crippen molar-refractivity contribution in [2.24, 2.45) is 0 Å². The second kappa shape index (κ2) is 6.99. The average molecular weight is 328 g/mol. The predicted octanol–water partition coefficient (Wildman–Crippen LogP) is 2.85. The highest BCUT2D eigenvalue weighted by molar-refractivity contribution is 5.91. The second-order valence-electron chi connectivity index (χ2n) is 5.20. The van der Waals surface area contributed by atoms with E-state index in [1.54, 1.807) is 18.2 Å². The Kier molecular flexibility index (Phi) is 4.60. The van der Waals surface area contributed by atoms with Crippen LogP contribution in [-0.4, -0.2) is 21.1 Å². The maximum atomic E-state index is 13.6. The van der Waals surface area contributed by atoms with Gasteiger partial charge in [-0.25, -0.2) is 13.8 Å².